The lowest BCUT2D eigenvalue weighted by Gasteiger charge is -2.36. The largest absolute Gasteiger partial charge is 0.493 e. The topological polar surface area (TPSA) is 44.8 Å². The molecule has 3 aromatic rings. The maximum atomic E-state index is 13.7. The van der Waals surface area contributed by atoms with Crippen molar-refractivity contribution in [1.29, 1.82) is 0 Å². The van der Waals surface area contributed by atoms with Crippen LogP contribution in [0.15, 0.2) is 65.1 Å². The quantitative estimate of drug-likeness (QED) is 0.432. The van der Waals surface area contributed by atoms with E-state index in [4.69, 9.17) is 14.2 Å². The summed E-state index contributed by atoms with van der Waals surface area (Å²) in [4.78, 5) is 13.7. The third-order valence-electron chi connectivity index (χ3n) is 6.45. The monoisotopic (exact) mass is 478 g/mol. The summed E-state index contributed by atoms with van der Waals surface area (Å²) in [5.41, 5.74) is 3.96. The fraction of sp³-hybridized carbons (Fsp3) is 0.269. The lowest BCUT2D eigenvalue weighted by molar-refractivity contribution is 0.0891. The SMILES string of the molecule is COc1cc2c(cc1OC)[C@@H](C(=O)c1ccccc1)[C@@H]1COc3ccc(Br)cc3[C@H]2C1. The van der Waals surface area contributed by atoms with Gasteiger partial charge in [0.1, 0.15) is 5.75 Å². The summed E-state index contributed by atoms with van der Waals surface area (Å²) in [5.74, 6) is 2.20. The molecule has 31 heavy (non-hydrogen) atoms. The summed E-state index contributed by atoms with van der Waals surface area (Å²) in [5, 5.41) is 0. The molecule has 2 aliphatic rings. The summed E-state index contributed by atoms with van der Waals surface area (Å²) < 4.78 is 18.5. The van der Waals surface area contributed by atoms with Gasteiger partial charge in [0, 0.05) is 27.4 Å². The van der Waals surface area contributed by atoms with E-state index < -0.39 is 0 Å². The van der Waals surface area contributed by atoms with Crippen LogP contribution in [-0.2, 0) is 0 Å². The van der Waals surface area contributed by atoms with Crippen LogP contribution in [0.2, 0.25) is 0 Å². The average Bonchev–Trinajstić information content (AvgIpc) is 2.96. The van der Waals surface area contributed by atoms with Gasteiger partial charge in [-0.3, -0.25) is 4.79 Å². The number of benzene rings is 3. The van der Waals surface area contributed by atoms with Gasteiger partial charge in [0.05, 0.1) is 26.7 Å². The molecule has 2 bridgehead atoms. The first-order chi connectivity index (χ1) is 15.1. The number of rotatable bonds is 4. The lowest BCUT2D eigenvalue weighted by Crippen LogP contribution is -2.32. The van der Waals surface area contributed by atoms with Crippen LogP contribution >= 0.6 is 15.9 Å². The van der Waals surface area contributed by atoms with Crippen molar-refractivity contribution in [3.8, 4) is 17.2 Å². The molecule has 0 saturated heterocycles. The smallest absolute Gasteiger partial charge is 0.170 e. The maximum Gasteiger partial charge on any atom is 0.170 e. The van der Waals surface area contributed by atoms with Gasteiger partial charge in [-0.05, 0) is 47.9 Å². The van der Waals surface area contributed by atoms with Gasteiger partial charge in [-0.1, -0.05) is 46.3 Å². The third-order valence-corrected chi connectivity index (χ3v) is 6.94. The summed E-state index contributed by atoms with van der Waals surface area (Å²) in [6, 6.07) is 19.7. The highest BCUT2D eigenvalue weighted by Gasteiger charge is 2.43. The van der Waals surface area contributed by atoms with E-state index in [-0.39, 0.29) is 23.5 Å². The zero-order valence-electron chi connectivity index (χ0n) is 17.4. The van der Waals surface area contributed by atoms with E-state index in [0.29, 0.717) is 18.1 Å². The Labute approximate surface area is 190 Å². The Morgan fingerprint density at radius 3 is 2.35 bits per heavy atom. The molecule has 3 atom stereocenters. The number of halogens is 1. The number of carbonyl (C=O) groups excluding carboxylic acids is 1. The van der Waals surface area contributed by atoms with Crippen LogP contribution in [0.5, 0.6) is 17.2 Å². The highest BCUT2D eigenvalue weighted by atomic mass is 79.9. The molecule has 0 N–H and O–H groups in total. The minimum atomic E-state index is -0.300. The summed E-state index contributed by atoms with van der Waals surface area (Å²) in [7, 11) is 3.27. The Morgan fingerprint density at radius 1 is 0.935 bits per heavy atom. The Kier molecular flexibility index (Phi) is 5.22. The van der Waals surface area contributed by atoms with Crippen LogP contribution < -0.4 is 14.2 Å². The van der Waals surface area contributed by atoms with Crippen LogP contribution in [0, 0.1) is 5.92 Å². The number of carbonyl (C=O) groups is 1. The molecule has 0 aromatic heterocycles. The molecule has 4 nitrogen and oxygen atoms in total. The first-order valence-corrected chi connectivity index (χ1v) is 11.2. The zero-order valence-corrected chi connectivity index (χ0v) is 19.0. The van der Waals surface area contributed by atoms with E-state index in [1.165, 1.54) is 0 Å². The molecule has 5 heteroatoms. The predicted molar refractivity (Wildman–Crippen MR) is 123 cm³/mol. The van der Waals surface area contributed by atoms with E-state index in [2.05, 4.69) is 22.0 Å². The molecule has 1 aliphatic heterocycles. The Bertz CT molecular complexity index is 1140. The molecule has 5 rings (SSSR count). The fourth-order valence-corrected chi connectivity index (χ4v) is 5.40. The molecular weight excluding hydrogens is 456 g/mol. The van der Waals surface area contributed by atoms with Crippen molar-refractivity contribution in [2.45, 2.75) is 18.3 Å². The first kappa shape index (κ1) is 20.1. The number of hydrogen-bond acceptors (Lipinski definition) is 4. The Balaban J connectivity index is 1.73. The van der Waals surface area contributed by atoms with E-state index in [1.54, 1.807) is 14.2 Å². The summed E-state index contributed by atoms with van der Waals surface area (Å²) >= 11 is 3.61. The van der Waals surface area contributed by atoms with Crippen LogP contribution in [0.25, 0.3) is 0 Å². The fourth-order valence-electron chi connectivity index (χ4n) is 5.02. The minimum absolute atomic E-state index is 0.0643. The van der Waals surface area contributed by atoms with E-state index in [9.17, 15) is 4.79 Å². The van der Waals surface area contributed by atoms with Gasteiger partial charge < -0.3 is 14.2 Å². The highest BCUT2D eigenvalue weighted by molar-refractivity contribution is 9.10. The van der Waals surface area contributed by atoms with E-state index in [1.807, 2.05) is 54.6 Å². The van der Waals surface area contributed by atoms with Crippen LogP contribution in [-0.4, -0.2) is 26.6 Å². The Hall–Kier alpha value is -2.79. The molecule has 0 fully saturated rings. The lowest BCUT2D eigenvalue weighted by atomic mass is 9.66. The molecular formula is C26H23BrO4. The second-order valence-corrected chi connectivity index (χ2v) is 9.00. The second kappa shape index (κ2) is 8.04. The Morgan fingerprint density at radius 2 is 1.65 bits per heavy atom. The van der Waals surface area contributed by atoms with E-state index in [0.717, 1.165) is 38.9 Å². The van der Waals surface area contributed by atoms with Gasteiger partial charge in [-0.15, -0.1) is 0 Å². The number of hydrogen-bond donors (Lipinski definition) is 0. The molecule has 0 saturated carbocycles. The molecule has 1 aliphatic carbocycles. The van der Waals surface area contributed by atoms with Gasteiger partial charge in [0.25, 0.3) is 0 Å². The number of ketones is 1. The molecule has 0 unspecified atom stereocenters. The predicted octanol–water partition coefficient (Wildman–Crippen LogP) is 5.98. The number of fused-ring (bicyclic) bond motifs is 6. The van der Waals surface area contributed by atoms with Crippen molar-refractivity contribution in [1.82, 2.24) is 0 Å². The van der Waals surface area contributed by atoms with Crippen LogP contribution in [0.4, 0.5) is 0 Å². The molecule has 0 amide bonds. The van der Waals surface area contributed by atoms with Gasteiger partial charge in [0.2, 0.25) is 0 Å². The van der Waals surface area contributed by atoms with Crippen molar-refractivity contribution in [2.75, 3.05) is 20.8 Å². The molecule has 158 valence electrons. The second-order valence-electron chi connectivity index (χ2n) is 8.09. The number of methoxy groups -OCH3 is 2. The van der Waals surface area contributed by atoms with Gasteiger partial charge >= 0.3 is 0 Å². The van der Waals surface area contributed by atoms with Crippen molar-refractivity contribution in [2.24, 2.45) is 5.92 Å². The summed E-state index contributed by atoms with van der Waals surface area (Å²) in [6.07, 6.45) is 0.842. The van der Waals surface area contributed by atoms with Gasteiger partial charge in [-0.25, -0.2) is 0 Å². The molecule has 0 radical (unpaired) electrons. The van der Waals surface area contributed by atoms with Crippen molar-refractivity contribution < 1.29 is 19.0 Å². The molecule has 3 aromatic carbocycles. The molecule has 0 spiro atoms. The molecule has 1 heterocycles. The zero-order chi connectivity index (χ0) is 21.5. The minimum Gasteiger partial charge on any atom is -0.493 e. The third kappa shape index (κ3) is 3.41. The number of ether oxygens (including phenoxy) is 3. The van der Waals surface area contributed by atoms with Gasteiger partial charge in [-0.2, -0.15) is 0 Å². The standard InChI is InChI=1S/C26H23BrO4/c1-29-23-12-19-18-10-16(14-31-22-9-8-17(27)11-20(18)22)25(21(19)13-24(23)30-2)26(28)15-6-4-3-5-7-15/h3-9,11-13,16,18,25H,10,14H2,1-2H3/t16-,18-,25-/m0/s1. The van der Waals surface area contributed by atoms with Crippen molar-refractivity contribution in [3.05, 3.63) is 87.4 Å². The normalized spacial score (nSPS) is 21.2. The highest BCUT2D eigenvalue weighted by Crippen LogP contribution is 2.53. The number of Topliss-reactive ketones (excluding diaryl/α,β-unsaturated/α-hetero) is 1. The first-order valence-electron chi connectivity index (χ1n) is 10.4. The van der Waals surface area contributed by atoms with Gasteiger partial charge in [0.15, 0.2) is 17.3 Å². The van der Waals surface area contributed by atoms with Crippen molar-refractivity contribution >= 4 is 21.7 Å². The van der Waals surface area contributed by atoms with Crippen LogP contribution in [0.1, 0.15) is 45.3 Å². The van der Waals surface area contributed by atoms with Crippen molar-refractivity contribution in [3.63, 3.8) is 0 Å². The van der Waals surface area contributed by atoms with E-state index >= 15 is 0 Å². The average molecular weight is 479 g/mol. The van der Waals surface area contributed by atoms with Crippen LogP contribution in [0.3, 0.4) is 0 Å². The maximum absolute atomic E-state index is 13.7. The summed E-state index contributed by atoms with van der Waals surface area (Å²) in [6.45, 7) is 0.502.